The molecule has 0 spiro atoms. The summed E-state index contributed by atoms with van der Waals surface area (Å²) in [5.41, 5.74) is 3.58. The van der Waals surface area contributed by atoms with Gasteiger partial charge >= 0.3 is 0 Å². The Kier molecular flexibility index (Phi) is 5.43. The number of hydrogen-bond donors (Lipinski definition) is 1. The minimum Gasteiger partial charge on any atom is -0.347 e. The van der Waals surface area contributed by atoms with E-state index in [1.165, 1.54) is 0 Å². The molecule has 0 saturated heterocycles. The summed E-state index contributed by atoms with van der Waals surface area (Å²) >= 11 is 0. The fourth-order valence-corrected chi connectivity index (χ4v) is 2.77. The number of benzene rings is 1. The highest BCUT2D eigenvalue weighted by atomic mass is 16.2. The normalized spacial score (nSPS) is 10.9. The van der Waals surface area contributed by atoms with E-state index in [2.05, 4.69) is 25.9 Å². The molecule has 2 aromatic heterocycles. The van der Waals surface area contributed by atoms with Crippen LogP contribution in [-0.2, 0) is 13.1 Å². The lowest BCUT2D eigenvalue weighted by atomic mass is 10.1. The monoisotopic (exact) mass is 349 g/mol. The second kappa shape index (κ2) is 7.93. The smallest absolute Gasteiger partial charge is 0.254 e. The SMILES string of the molecule is CN(C)Cc1ccc(-c2cccc(C(=O)N(C)Cc3ncc[nH]3)c2)nc1. The molecule has 2 heterocycles. The summed E-state index contributed by atoms with van der Waals surface area (Å²) in [5.74, 6) is 0.711. The third kappa shape index (κ3) is 4.34. The molecule has 0 atom stereocenters. The Bertz CT molecular complexity index is 856. The molecular formula is C20H23N5O. The van der Waals surface area contributed by atoms with Gasteiger partial charge in [-0.05, 0) is 37.9 Å². The summed E-state index contributed by atoms with van der Waals surface area (Å²) in [6.45, 7) is 1.29. The molecular weight excluding hydrogens is 326 g/mol. The zero-order valence-corrected chi connectivity index (χ0v) is 15.3. The second-order valence-corrected chi connectivity index (χ2v) is 6.57. The predicted octanol–water partition coefficient (Wildman–Crippen LogP) is 2.81. The Morgan fingerprint density at radius 1 is 1.08 bits per heavy atom. The fourth-order valence-electron chi connectivity index (χ4n) is 2.77. The van der Waals surface area contributed by atoms with Crippen LogP contribution >= 0.6 is 0 Å². The van der Waals surface area contributed by atoms with Crippen molar-refractivity contribution in [1.82, 2.24) is 24.8 Å². The van der Waals surface area contributed by atoms with E-state index in [0.29, 0.717) is 12.1 Å². The maximum Gasteiger partial charge on any atom is 0.254 e. The Morgan fingerprint density at radius 2 is 1.92 bits per heavy atom. The van der Waals surface area contributed by atoms with Crippen LogP contribution in [0.4, 0.5) is 0 Å². The van der Waals surface area contributed by atoms with Crippen molar-refractivity contribution in [2.24, 2.45) is 0 Å². The molecule has 1 N–H and O–H groups in total. The van der Waals surface area contributed by atoms with Crippen LogP contribution in [-0.4, -0.2) is 51.8 Å². The van der Waals surface area contributed by atoms with Gasteiger partial charge in [-0.25, -0.2) is 4.98 Å². The van der Waals surface area contributed by atoms with Crippen molar-refractivity contribution in [2.75, 3.05) is 21.1 Å². The number of carbonyl (C=O) groups is 1. The number of imidazole rings is 1. The van der Waals surface area contributed by atoms with Crippen LogP contribution in [0.1, 0.15) is 21.7 Å². The number of nitrogens with one attached hydrogen (secondary N) is 1. The van der Waals surface area contributed by atoms with Crippen molar-refractivity contribution < 1.29 is 4.79 Å². The maximum absolute atomic E-state index is 12.7. The first-order valence-electron chi connectivity index (χ1n) is 8.47. The minimum absolute atomic E-state index is 0.0486. The highest BCUT2D eigenvalue weighted by Crippen LogP contribution is 2.20. The predicted molar refractivity (Wildman–Crippen MR) is 101 cm³/mol. The first-order valence-corrected chi connectivity index (χ1v) is 8.47. The molecule has 1 amide bonds. The molecule has 134 valence electrons. The highest BCUT2D eigenvalue weighted by molar-refractivity contribution is 5.95. The lowest BCUT2D eigenvalue weighted by Crippen LogP contribution is -2.26. The molecule has 6 nitrogen and oxygen atoms in total. The van der Waals surface area contributed by atoms with Crippen LogP contribution in [0.2, 0.25) is 0 Å². The van der Waals surface area contributed by atoms with E-state index in [4.69, 9.17) is 0 Å². The number of H-pyrrole nitrogens is 1. The number of hydrogen-bond acceptors (Lipinski definition) is 4. The van der Waals surface area contributed by atoms with Gasteiger partial charge in [-0.1, -0.05) is 18.2 Å². The summed E-state index contributed by atoms with van der Waals surface area (Å²) in [7, 11) is 5.83. The van der Waals surface area contributed by atoms with Crippen molar-refractivity contribution >= 4 is 5.91 Å². The number of nitrogens with zero attached hydrogens (tertiary/aromatic N) is 4. The summed E-state index contributed by atoms with van der Waals surface area (Å²) in [5, 5.41) is 0. The standard InChI is InChI=1S/C20H23N5O/c1-24(2)13-15-7-8-18(23-12-15)16-5-4-6-17(11-16)20(26)25(3)14-19-21-9-10-22-19/h4-12H,13-14H2,1-3H3,(H,21,22). The van der Waals surface area contributed by atoms with Crippen LogP contribution in [0.15, 0.2) is 55.0 Å². The Morgan fingerprint density at radius 3 is 2.58 bits per heavy atom. The molecule has 3 aromatic rings. The van der Waals surface area contributed by atoms with E-state index in [1.807, 2.05) is 50.6 Å². The summed E-state index contributed by atoms with van der Waals surface area (Å²) in [4.78, 5) is 28.2. The van der Waals surface area contributed by atoms with Gasteiger partial charge in [0.15, 0.2) is 0 Å². The minimum atomic E-state index is -0.0486. The van der Waals surface area contributed by atoms with Crippen LogP contribution in [0, 0.1) is 0 Å². The van der Waals surface area contributed by atoms with Crippen LogP contribution < -0.4 is 0 Å². The number of pyridine rings is 1. The second-order valence-electron chi connectivity index (χ2n) is 6.57. The molecule has 0 aliphatic carbocycles. The number of amides is 1. The number of rotatable bonds is 6. The van der Waals surface area contributed by atoms with E-state index < -0.39 is 0 Å². The van der Waals surface area contributed by atoms with E-state index in [1.54, 1.807) is 24.3 Å². The molecule has 3 rings (SSSR count). The molecule has 0 unspecified atom stereocenters. The third-order valence-corrected chi connectivity index (χ3v) is 4.02. The molecule has 0 fully saturated rings. The lowest BCUT2D eigenvalue weighted by molar-refractivity contribution is 0.0782. The summed E-state index contributed by atoms with van der Waals surface area (Å²) < 4.78 is 0. The van der Waals surface area contributed by atoms with Crippen molar-refractivity contribution in [2.45, 2.75) is 13.1 Å². The summed E-state index contributed by atoms with van der Waals surface area (Å²) in [6, 6.07) is 11.6. The van der Waals surface area contributed by atoms with Gasteiger partial charge in [-0.2, -0.15) is 0 Å². The van der Waals surface area contributed by atoms with Crippen molar-refractivity contribution in [3.05, 3.63) is 71.9 Å². The molecule has 0 aliphatic heterocycles. The van der Waals surface area contributed by atoms with E-state index >= 15 is 0 Å². The van der Waals surface area contributed by atoms with Crippen molar-refractivity contribution in [3.63, 3.8) is 0 Å². The zero-order chi connectivity index (χ0) is 18.5. The van der Waals surface area contributed by atoms with E-state index in [0.717, 1.165) is 29.2 Å². The molecule has 0 bridgehead atoms. The maximum atomic E-state index is 12.7. The lowest BCUT2D eigenvalue weighted by Gasteiger charge is -2.16. The van der Waals surface area contributed by atoms with Gasteiger partial charge in [0.25, 0.3) is 5.91 Å². The topological polar surface area (TPSA) is 65.1 Å². The largest absolute Gasteiger partial charge is 0.347 e. The van der Waals surface area contributed by atoms with Crippen LogP contribution in [0.5, 0.6) is 0 Å². The van der Waals surface area contributed by atoms with Crippen LogP contribution in [0.25, 0.3) is 11.3 Å². The Hall–Kier alpha value is -2.99. The van der Waals surface area contributed by atoms with Gasteiger partial charge in [0.1, 0.15) is 5.82 Å². The quantitative estimate of drug-likeness (QED) is 0.743. The van der Waals surface area contributed by atoms with Crippen molar-refractivity contribution in [1.29, 1.82) is 0 Å². The fraction of sp³-hybridized carbons (Fsp3) is 0.250. The van der Waals surface area contributed by atoms with E-state index in [-0.39, 0.29) is 5.91 Å². The van der Waals surface area contributed by atoms with Crippen LogP contribution in [0.3, 0.4) is 0 Å². The highest BCUT2D eigenvalue weighted by Gasteiger charge is 2.14. The van der Waals surface area contributed by atoms with E-state index in [9.17, 15) is 4.79 Å². The van der Waals surface area contributed by atoms with Gasteiger partial charge in [0.05, 0.1) is 12.2 Å². The average Bonchev–Trinajstić information content (AvgIpc) is 3.14. The van der Waals surface area contributed by atoms with Gasteiger partial charge in [0.2, 0.25) is 0 Å². The zero-order valence-electron chi connectivity index (χ0n) is 15.3. The Labute approximate surface area is 153 Å². The van der Waals surface area contributed by atoms with Gasteiger partial charge < -0.3 is 14.8 Å². The number of carbonyl (C=O) groups excluding carboxylic acids is 1. The number of aromatic nitrogens is 3. The first-order chi connectivity index (χ1) is 12.5. The molecule has 1 aromatic carbocycles. The third-order valence-electron chi connectivity index (χ3n) is 4.02. The number of aromatic amines is 1. The molecule has 6 heteroatoms. The first kappa shape index (κ1) is 17.8. The molecule has 0 aliphatic rings. The van der Waals surface area contributed by atoms with Gasteiger partial charge in [-0.3, -0.25) is 9.78 Å². The van der Waals surface area contributed by atoms with Crippen molar-refractivity contribution in [3.8, 4) is 11.3 Å². The molecule has 0 saturated carbocycles. The van der Waals surface area contributed by atoms with Gasteiger partial charge in [-0.15, -0.1) is 0 Å². The van der Waals surface area contributed by atoms with Gasteiger partial charge in [0, 0.05) is 43.3 Å². The molecule has 26 heavy (non-hydrogen) atoms. The Balaban J connectivity index is 1.76. The average molecular weight is 349 g/mol. The summed E-state index contributed by atoms with van der Waals surface area (Å²) in [6.07, 6.45) is 5.31. The molecule has 0 radical (unpaired) electrons.